The van der Waals surface area contributed by atoms with Gasteiger partial charge in [-0.05, 0) is 56.3 Å². The lowest BCUT2D eigenvalue weighted by Gasteiger charge is -2.19. The standard InChI is InChI=1S/C19H26Cl2N4O4/c1-4-5-13(23-17(27)9-7-15-12(3)25-29-19(15)21)10-22-16(26)8-6-14-11(2)24-28-18(14)20/h13H,4-10H2,1-3H3,(H,22,26)(H,23,27). The molecule has 2 aromatic rings. The van der Waals surface area contributed by atoms with Crippen molar-refractivity contribution in [2.75, 3.05) is 6.54 Å². The van der Waals surface area contributed by atoms with Gasteiger partial charge in [0.1, 0.15) is 0 Å². The fourth-order valence-electron chi connectivity index (χ4n) is 2.96. The highest BCUT2D eigenvalue weighted by Crippen LogP contribution is 2.21. The number of carbonyl (C=O) groups is 2. The van der Waals surface area contributed by atoms with Gasteiger partial charge < -0.3 is 19.7 Å². The number of aryl methyl sites for hydroxylation is 2. The van der Waals surface area contributed by atoms with E-state index in [1.54, 1.807) is 13.8 Å². The van der Waals surface area contributed by atoms with E-state index in [0.717, 1.165) is 24.0 Å². The van der Waals surface area contributed by atoms with Crippen molar-refractivity contribution in [3.05, 3.63) is 33.0 Å². The van der Waals surface area contributed by atoms with Gasteiger partial charge in [0, 0.05) is 36.6 Å². The normalized spacial score (nSPS) is 12.0. The molecule has 0 aliphatic heterocycles. The Labute approximate surface area is 179 Å². The summed E-state index contributed by atoms with van der Waals surface area (Å²) in [4.78, 5) is 24.5. The fraction of sp³-hybridized carbons (Fsp3) is 0.579. The van der Waals surface area contributed by atoms with Gasteiger partial charge in [0.2, 0.25) is 22.3 Å². The van der Waals surface area contributed by atoms with E-state index < -0.39 is 0 Å². The lowest BCUT2D eigenvalue weighted by Crippen LogP contribution is -2.43. The van der Waals surface area contributed by atoms with Crippen LogP contribution in [-0.4, -0.2) is 34.7 Å². The molecule has 2 rings (SSSR count). The first-order chi connectivity index (χ1) is 13.8. The number of amides is 2. The zero-order chi connectivity index (χ0) is 21.4. The summed E-state index contributed by atoms with van der Waals surface area (Å²) >= 11 is 11.8. The Morgan fingerprint density at radius 3 is 1.93 bits per heavy atom. The minimum absolute atomic E-state index is 0.110. The Morgan fingerprint density at radius 1 is 0.966 bits per heavy atom. The van der Waals surface area contributed by atoms with Crippen LogP contribution in [0.4, 0.5) is 0 Å². The van der Waals surface area contributed by atoms with Gasteiger partial charge in [-0.3, -0.25) is 9.59 Å². The average molecular weight is 445 g/mol. The van der Waals surface area contributed by atoms with Crippen LogP contribution in [0, 0.1) is 13.8 Å². The predicted molar refractivity (Wildman–Crippen MR) is 109 cm³/mol. The average Bonchev–Trinajstić information content (AvgIpc) is 3.17. The second-order valence-corrected chi connectivity index (χ2v) is 7.58. The highest BCUT2D eigenvalue weighted by atomic mass is 35.5. The number of aromatic nitrogens is 2. The molecule has 1 unspecified atom stereocenters. The van der Waals surface area contributed by atoms with Crippen molar-refractivity contribution in [2.24, 2.45) is 0 Å². The maximum Gasteiger partial charge on any atom is 0.229 e. The molecule has 10 heteroatoms. The SMILES string of the molecule is CCCC(CNC(=O)CCc1c(C)noc1Cl)NC(=O)CCc1c(C)noc1Cl. The fourth-order valence-corrected chi connectivity index (χ4v) is 3.49. The molecular weight excluding hydrogens is 419 g/mol. The lowest BCUT2D eigenvalue weighted by molar-refractivity contribution is -0.123. The summed E-state index contributed by atoms with van der Waals surface area (Å²) in [5.41, 5.74) is 2.85. The number of carbonyl (C=O) groups excluding carboxylic acids is 2. The molecule has 0 saturated heterocycles. The zero-order valence-corrected chi connectivity index (χ0v) is 18.3. The smallest absolute Gasteiger partial charge is 0.229 e. The van der Waals surface area contributed by atoms with Gasteiger partial charge in [-0.15, -0.1) is 0 Å². The Balaban J connectivity index is 1.76. The quantitative estimate of drug-likeness (QED) is 0.547. The van der Waals surface area contributed by atoms with E-state index >= 15 is 0 Å². The number of nitrogens with zero attached hydrogens (tertiary/aromatic N) is 2. The van der Waals surface area contributed by atoms with Gasteiger partial charge in [0.05, 0.1) is 11.4 Å². The van der Waals surface area contributed by atoms with Crippen LogP contribution in [-0.2, 0) is 22.4 Å². The third-order valence-corrected chi connectivity index (χ3v) is 5.22. The molecule has 29 heavy (non-hydrogen) atoms. The Kier molecular flexibility index (Phi) is 8.98. The topological polar surface area (TPSA) is 110 Å². The first-order valence-electron chi connectivity index (χ1n) is 9.59. The van der Waals surface area contributed by atoms with E-state index in [-0.39, 0.29) is 41.1 Å². The maximum absolute atomic E-state index is 12.3. The molecule has 0 aromatic carbocycles. The van der Waals surface area contributed by atoms with Gasteiger partial charge in [-0.2, -0.15) is 0 Å². The second-order valence-electron chi connectivity index (χ2n) is 6.90. The van der Waals surface area contributed by atoms with Crippen LogP contribution in [0.3, 0.4) is 0 Å². The highest BCUT2D eigenvalue weighted by Gasteiger charge is 2.17. The first kappa shape index (κ1) is 23.2. The van der Waals surface area contributed by atoms with Crippen LogP contribution in [0.25, 0.3) is 0 Å². The molecule has 0 radical (unpaired) electrons. The minimum atomic E-state index is -0.142. The molecule has 160 valence electrons. The second kappa shape index (κ2) is 11.2. The van der Waals surface area contributed by atoms with Crippen molar-refractivity contribution in [1.29, 1.82) is 0 Å². The summed E-state index contributed by atoms with van der Waals surface area (Å²) < 4.78 is 9.78. The maximum atomic E-state index is 12.3. The molecule has 8 nitrogen and oxygen atoms in total. The van der Waals surface area contributed by atoms with Crippen LogP contribution in [0.1, 0.15) is 55.1 Å². The molecule has 0 bridgehead atoms. The molecule has 1 atom stereocenters. The van der Waals surface area contributed by atoms with Crippen LogP contribution < -0.4 is 10.6 Å². The molecule has 2 amide bonds. The lowest BCUT2D eigenvalue weighted by atomic mass is 10.1. The van der Waals surface area contributed by atoms with E-state index in [1.807, 2.05) is 6.92 Å². The van der Waals surface area contributed by atoms with Gasteiger partial charge in [-0.25, -0.2) is 0 Å². The summed E-state index contributed by atoms with van der Waals surface area (Å²) in [7, 11) is 0. The molecule has 0 aliphatic rings. The van der Waals surface area contributed by atoms with Crippen molar-refractivity contribution < 1.29 is 18.6 Å². The monoisotopic (exact) mass is 444 g/mol. The Bertz CT molecular complexity index is 795. The molecule has 0 aliphatic carbocycles. The Hall–Kier alpha value is -2.06. The molecule has 2 heterocycles. The van der Waals surface area contributed by atoms with Gasteiger partial charge >= 0.3 is 0 Å². The highest BCUT2D eigenvalue weighted by molar-refractivity contribution is 6.29. The van der Waals surface area contributed by atoms with Gasteiger partial charge in [0.25, 0.3) is 0 Å². The van der Waals surface area contributed by atoms with Gasteiger partial charge in [-0.1, -0.05) is 23.7 Å². The number of nitrogens with one attached hydrogen (secondary N) is 2. The van der Waals surface area contributed by atoms with Gasteiger partial charge in [0.15, 0.2) is 0 Å². The molecule has 2 aromatic heterocycles. The number of hydrogen-bond donors (Lipinski definition) is 2. The summed E-state index contributed by atoms with van der Waals surface area (Å²) in [5, 5.41) is 13.8. The summed E-state index contributed by atoms with van der Waals surface area (Å²) in [6.45, 7) is 5.95. The van der Waals surface area contributed by atoms with Crippen LogP contribution in [0.2, 0.25) is 10.4 Å². The number of halogens is 2. The number of hydrogen-bond acceptors (Lipinski definition) is 6. The summed E-state index contributed by atoms with van der Waals surface area (Å²) in [5.74, 6) is -0.231. The number of rotatable bonds is 11. The summed E-state index contributed by atoms with van der Waals surface area (Å²) in [6.07, 6.45) is 3.07. The van der Waals surface area contributed by atoms with Crippen molar-refractivity contribution in [2.45, 2.75) is 65.3 Å². The van der Waals surface area contributed by atoms with Crippen molar-refractivity contribution >= 4 is 35.0 Å². The van der Waals surface area contributed by atoms with Crippen LogP contribution >= 0.6 is 23.2 Å². The van der Waals surface area contributed by atoms with Crippen LogP contribution in [0.15, 0.2) is 9.05 Å². The van der Waals surface area contributed by atoms with E-state index in [4.69, 9.17) is 32.2 Å². The third-order valence-electron chi connectivity index (χ3n) is 4.63. The van der Waals surface area contributed by atoms with Crippen LogP contribution in [0.5, 0.6) is 0 Å². The largest absolute Gasteiger partial charge is 0.354 e. The molecular formula is C19H26Cl2N4O4. The van der Waals surface area contributed by atoms with E-state index in [9.17, 15) is 9.59 Å². The van der Waals surface area contributed by atoms with E-state index in [2.05, 4.69) is 20.9 Å². The predicted octanol–water partition coefficient (Wildman–Crippen LogP) is 3.55. The van der Waals surface area contributed by atoms with Crippen molar-refractivity contribution in [3.63, 3.8) is 0 Å². The van der Waals surface area contributed by atoms with E-state index in [1.165, 1.54) is 0 Å². The zero-order valence-electron chi connectivity index (χ0n) is 16.8. The van der Waals surface area contributed by atoms with E-state index in [0.29, 0.717) is 30.8 Å². The third kappa shape index (κ3) is 7.04. The molecule has 2 N–H and O–H groups in total. The molecule has 0 spiro atoms. The first-order valence-corrected chi connectivity index (χ1v) is 10.3. The van der Waals surface area contributed by atoms with Crippen molar-refractivity contribution in [1.82, 2.24) is 20.9 Å². The molecule has 0 saturated carbocycles. The summed E-state index contributed by atoms with van der Waals surface area (Å²) in [6, 6.07) is -0.142. The molecule has 0 fully saturated rings. The van der Waals surface area contributed by atoms with Crippen molar-refractivity contribution in [3.8, 4) is 0 Å². The Morgan fingerprint density at radius 2 is 1.48 bits per heavy atom. The minimum Gasteiger partial charge on any atom is -0.354 e.